The second kappa shape index (κ2) is 19.5. The minimum Gasteiger partial charge on any atom is -0.278 e. The van der Waals surface area contributed by atoms with Crippen LogP contribution in [0.3, 0.4) is 0 Å². The lowest BCUT2D eigenvalue weighted by Crippen LogP contribution is -2.74. The number of benzene rings is 11. The fourth-order valence-corrected chi connectivity index (χ4v) is 16.3. The van der Waals surface area contributed by atoms with E-state index >= 15 is 0 Å². The molecule has 2 aromatic heterocycles. The SMILES string of the molecule is c1ccc(-c2ccc3c(c2)c2ccccc2n3-c2nc(-c3ccc(C(c4ccccc4)(c4ccccc4)c4ccccc4)cc3)nc(-c3ccc([Si](c4ccccc4)(c4ccccc4)c4ccccc4)cc3)n2)cc1. The quantitative estimate of drug-likeness (QED) is 0.0905. The Morgan fingerprint density at radius 1 is 0.267 bits per heavy atom. The smallest absolute Gasteiger partial charge is 0.238 e. The molecule has 0 saturated heterocycles. The molecule has 0 aliphatic heterocycles. The average Bonchev–Trinajstić information content (AvgIpc) is 3.84. The van der Waals surface area contributed by atoms with E-state index in [1.165, 1.54) is 43.0 Å². The van der Waals surface area contributed by atoms with Crippen molar-refractivity contribution in [3.63, 3.8) is 0 Å². The third kappa shape index (κ3) is 7.89. The van der Waals surface area contributed by atoms with Gasteiger partial charge in [0.05, 0.1) is 16.4 Å². The predicted octanol–water partition coefficient (Wildman–Crippen LogP) is 13.7. The minimum atomic E-state index is -2.78. The summed E-state index contributed by atoms with van der Waals surface area (Å²) in [5.74, 6) is 1.73. The molecule has 354 valence electrons. The van der Waals surface area contributed by atoms with Crippen molar-refractivity contribution in [3.05, 3.63) is 326 Å². The van der Waals surface area contributed by atoms with Crippen LogP contribution in [0, 0.1) is 0 Å². The zero-order chi connectivity index (χ0) is 50.0. The van der Waals surface area contributed by atoms with Gasteiger partial charge in [-0.1, -0.05) is 285 Å². The van der Waals surface area contributed by atoms with Crippen molar-refractivity contribution in [3.8, 4) is 39.9 Å². The Hall–Kier alpha value is -9.55. The van der Waals surface area contributed by atoms with Crippen LogP contribution in [0.5, 0.6) is 0 Å². The molecule has 0 atom stereocenters. The Morgan fingerprint density at radius 3 is 1.11 bits per heavy atom. The Labute approximate surface area is 438 Å². The van der Waals surface area contributed by atoms with Crippen molar-refractivity contribution in [2.75, 3.05) is 0 Å². The normalized spacial score (nSPS) is 11.7. The maximum atomic E-state index is 5.45. The molecule has 2 heterocycles. The van der Waals surface area contributed by atoms with Crippen molar-refractivity contribution >= 4 is 50.6 Å². The van der Waals surface area contributed by atoms with Crippen molar-refractivity contribution in [1.29, 1.82) is 0 Å². The third-order valence-corrected chi connectivity index (χ3v) is 19.8. The van der Waals surface area contributed by atoms with Crippen LogP contribution >= 0.6 is 0 Å². The van der Waals surface area contributed by atoms with E-state index in [1.807, 2.05) is 0 Å². The molecular formula is C70H50N4Si. The summed E-state index contributed by atoms with van der Waals surface area (Å²) in [6, 6.07) is 109. The molecule has 4 nitrogen and oxygen atoms in total. The number of rotatable bonds is 12. The summed E-state index contributed by atoms with van der Waals surface area (Å²) in [7, 11) is -2.78. The Kier molecular flexibility index (Phi) is 11.8. The fourth-order valence-electron chi connectivity index (χ4n) is 11.6. The second-order valence-electron chi connectivity index (χ2n) is 19.1. The van der Waals surface area contributed by atoms with Gasteiger partial charge < -0.3 is 0 Å². The first kappa shape index (κ1) is 45.3. The van der Waals surface area contributed by atoms with Crippen molar-refractivity contribution < 1.29 is 0 Å². The maximum absolute atomic E-state index is 5.45. The Morgan fingerprint density at radius 2 is 0.627 bits per heavy atom. The number of para-hydroxylation sites is 1. The largest absolute Gasteiger partial charge is 0.278 e. The van der Waals surface area contributed by atoms with Crippen LogP contribution in [0.1, 0.15) is 22.3 Å². The van der Waals surface area contributed by atoms with Crippen LogP contribution in [-0.2, 0) is 5.41 Å². The lowest BCUT2D eigenvalue weighted by atomic mass is 9.65. The molecule has 0 N–H and O–H groups in total. The Bertz CT molecular complexity index is 3680. The molecule has 0 saturated carbocycles. The van der Waals surface area contributed by atoms with E-state index in [2.05, 4.69) is 308 Å². The van der Waals surface area contributed by atoms with Crippen molar-refractivity contribution in [2.24, 2.45) is 0 Å². The first-order chi connectivity index (χ1) is 37.2. The average molecular weight is 975 g/mol. The molecule has 0 fully saturated rings. The van der Waals surface area contributed by atoms with E-state index in [-0.39, 0.29) is 0 Å². The van der Waals surface area contributed by atoms with Gasteiger partial charge in [-0.15, -0.1) is 0 Å². The third-order valence-electron chi connectivity index (χ3n) is 15.0. The molecule has 13 rings (SSSR count). The summed E-state index contributed by atoms with van der Waals surface area (Å²) >= 11 is 0. The molecule has 0 unspecified atom stereocenters. The summed E-state index contributed by atoms with van der Waals surface area (Å²) in [5, 5.41) is 7.50. The highest BCUT2D eigenvalue weighted by atomic mass is 28.3. The van der Waals surface area contributed by atoms with E-state index in [4.69, 9.17) is 15.0 Å². The van der Waals surface area contributed by atoms with Gasteiger partial charge in [-0.2, -0.15) is 9.97 Å². The molecule has 0 bridgehead atoms. The molecule has 11 aromatic carbocycles. The van der Waals surface area contributed by atoms with Crippen LogP contribution in [0.15, 0.2) is 303 Å². The van der Waals surface area contributed by atoms with Gasteiger partial charge in [0.15, 0.2) is 19.7 Å². The van der Waals surface area contributed by atoms with E-state index in [1.54, 1.807) is 0 Å². The molecule has 75 heavy (non-hydrogen) atoms. The summed E-state index contributed by atoms with van der Waals surface area (Å²) < 4.78 is 2.21. The highest BCUT2D eigenvalue weighted by Gasteiger charge is 2.42. The topological polar surface area (TPSA) is 43.6 Å². The van der Waals surface area contributed by atoms with Gasteiger partial charge in [-0.3, -0.25) is 4.57 Å². The molecule has 0 spiro atoms. The molecule has 5 heteroatoms. The maximum Gasteiger partial charge on any atom is 0.238 e. The second-order valence-corrected chi connectivity index (χ2v) is 22.9. The van der Waals surface area contributed by atoms with Gasteiger partial charge in [0.1, 0.15) is 0 Å². The lowest BCUT2D eigenvalue weighted by molar-refractivity contribution is 0.745. The van der Waals surface area contributed by atoms with Crippen LogP contribution < -0.4 is 20.7 Å². The van der Waals surface area contributed by atoms with Crippen molar-refractivity contribution in [2.45, 2.75) is 5.41 Å². The van der Waals surface area contributed by atoms with Gasteiger partial charge in [0, 0.05) is 21.9 Å². The van der Waals surface area contributed by atoms with Crippen LogP contribution in [0.2, 0.25) is 0 Å². The van der Waals surface area contributed by atoms with Gasteiger partial charge >= 0.3 is 0 Å². The summed E-state index contributed by atoms with van der Waals surface area (Å²) in [6.07, 6.45) is 0. The zero-order valence-electron chi connectivity index (χ0n) is 41.2. The lowest BCUT2D eigenvalue weighted by Gasteiger charge is -2.37. The van der Waals surface area contributed by atoms with E-state index < -0.39 is 13.5 Å². The number of hydrogen-bond acceptors (Lipinski definition) is 3. The number of nitrogens with zero attached hydrogens (tertiary/aromatic N) is 4. The zero-order valence-corrected chi connectivity index (χ0v) is 42.2. The molecular weight excluding hydrogens is 925 g/mol. The van der Waals surface area contributed by atoms with Crippen LogP contribution in [0.4, 0.5) is 0 Å². The predicted molar refractivity (Wildman–Crippen MR) is 312 cm³/mol. The highest BCUT2D eigenvalue weighted by Crippen LogP contribution is 2.45. The first-order valence-corrected chi connectivity index (χ1v) is 27.6. The molecule has 0 amide bonds. The van der Waals surface area contributed by atoms with Crippen LogP contribution in [0.25, 0.3) is 61.7 Å². The summed E-state index contributed by atoms with van der Waals surface area (Å²) in [4.78, 5) is 16.3. The number of aromatic nitrogens is 4. The molecule has 0 radical (unpaired) electrons. The number of hydrogen-bond donors (Lipinski definition) is 0. The van der Waals surface area contributed by atoms with E-state index in [9.17, 15) is 0 Å². The van der Waals surface area contributed by atoms with Crippen LogP contribution in [-0.4, -0.2) is 27.6 Å². The summed E-state index contributed by atoms with van der Waals surface area (Å²) in [5.41, 5.74) is 10.3. The first-order valence-electron chi connectivity index (χ1n) is 25.6. The summed E-state index contributed by atoms with van der Waals surface area (Å²) in [6.45, 7) is 0. The van der Waals surface area contributed by atoms with Gasteiger partial charge in [-0.05, 0) is 72.3 Å². The van der Waals surface area contributed by atoms with Crippen molar-refractivity contribution in [1.82, 2.24) is 19.5 Å². The van der Waals surface area contributed by atoms with Gasteiger partial charge in [0.2, 0.25) is 5.95 Å². The van der Waals surface area contributed by atoms with Gasteiger partial charge in [-0.25, -0.2) is 4.98 Å². The van der Waals surface area contributed by atoms with E-state index in [0.29, 0.717) is 17.6 Å². The van der Waals surface area contributed by atoms with Gasteiger partial charge in [0.25, 0.3) is 0 Å². The monoisotopic (exact) mass is 974 g/mol. The highest BCUT2D eigenvalue weighted by molar-refractivity contribution is 7.19. The van der Waals surface area contributed by atoms with E-state index in [0.717, 1.165) is 44.1 Å². The fraction of sp³-hybridized carbons (Fsp3) is 0.0143. The molecule has 13 aromatic rings. The minimum absolute atomic E-state index is 0.551. The number of fused-ring (bicyclic) bond motifs is 3. The standard InChI is InChI=1S/C70H50N4Si/c1-8-24-51(25-9-1)54-44-49-66-64(50-54)63-38-22-23-39-65(63)74(66)69-72-67(52-40-45-58(46-41-52)70(55-26-10-2-11-27-55,56-28-12-3-13-29-56)57-30-14-4-15-31-57)71-68(73-69)53-42-47-62(48-43-53)75(59-32-16-5-17-33-59,60-34-18-6-19-35-60)61-36-20-7-21-37-61/h1-50H. The molecule has 0 aliphatic rings. The Balaban J connectivity index is 1.01. The molecule has 0 aliphatic carbocycles.